The van der Waals surface area contributed by atoms with Crippen LogP contribution in [0.4, 0.5) is 4.79 Å². The molecule has 1 atom stereocenters. The van der Waals surface area contributed by atoms with E-state index in [4.69, 9.17) is 0 Å². The summed E-state index contributed by atoms with van der Waals surface area (Å²) < 4.78 is 1.07. The van der Waals surface area contributed by atoms with E-state index in [1.54, 1.807) is 0 Å². The van der Waals surface area contributed by atoms with E-state index in [9.17, 15) is 9.59 Å². The van der Waals surface area contributed by atoms with Crippen molar-refractivity contribution in [1.82, 2.24) is 15.2 Å². The summed E-state index contributed by atoms with van der Waals surface area (Å²) in [5, 5.41) is 3.63. The van der Waals surface area contributed by atoms with E-state index < -0.39 is 5.54 Å². The Morgan fingerprint density at radius 3 is 2.74 bits per heavy atom. The summed E-state index contributed by atoms with van der Waals surface area (Å²) in [6.07, 6.45) is 1.56. The molecule has 0 aliphatic carbocycles. The molecule has 1 saturated heterocycles. The standard InChI is InChI=1S/C17H21N3O2S/c1-11(2)8-9-17(3)15(21)20(16(22)19-17)10-14-18-12-6-4-5-7-13(12)23-14/h4-7,11H,8-10H2,1-3H3,(H,19,22)/t17-/m0/s1. The van der Waals surface area contributed by atoms with Gasteiger partial charge in [0.1, 0.15) is 10.5 Å². The van der Waals surface area contributed by atoms with Crippen LogP contribution >= 0.6 is 11.3 Å². The van der Waals surface area contributed by atoms with Gasteiger partial charge in [-0.05, 0) is 37.8 Å². The maximum absolute atomic E-state index is 12.7. The first-order valence-electron chi connectivity index (χ1n) is 7.87. The van der Waals surface area contributed by atoms with Crippen LogP contribution in [0.5, 0.6) is 0 Å². The number of imide groups is 1. The van der Waals surface area contributed by atoms with Crippen molar-refractivity contribution in [2.75, 3.05) is 0 Å². The maximum Gasteiger partial charge on any atom is 0.325 e. The first-order chi connectivity index (χ1) is 10.9. The van der Waals surface area contributed by atoms with Crippen molar-refractivity contribution in [3.05, 3.63) is 29.3 Å². The molecule has 0 unspecified atom stereocenters. The zero-order valence-corrected chi connectivity index (χ0v) is 14.4. The molecule has 0 spiro atoms. The van der Waals surface area contributed by atoms with Gasteiger partial charge in [-0.15, -0.1) is 11.3 Å². The predicted molar refractivity (Wildman–Crippen MR) is 91.2 cm³/mol. The van der Waals surface area contributed by atoms with Crippen molar-refractivity contribution in [2.45, 2.75) is 45.7 Å². The molecular weight excluding hydrogens is 310 g/mol. The number of fused-ring (bicyclic) bond motifs is 1. The van der Waals surface area contributed by atoms with Gasteiger partial charge in [0.15, 0.2) is 0 Å². The van der Waals surface area contributed by atoms with E-state index >= 15 is 0 Å². The fourth-order valence-electron chi connectivity index (χ4n) is 2.76. The van der Waals surface area contributed by atoms with E-state index in [1.165, 1.54) is 16.2 Å². The summed E-state index contributed by atoms with van der Waals surface area (Å²) in [5.41, 5.74) is 0.111. The number of hydrogen-bond acceptors (Lipinski definition) is 4. The van der Waals surface area contributed by atoms with Gasteiger partial charge in [-0.1, -0.05) is 26.0 Å². The van der Waals surface area contributed by atoms with Crippen LogP contribution in [-0.4, -0.2) is 27.4 Å². The molecule has 1 aromatic carbocycles. The van der Waals surface area contributed by atoms with Crippen molar-refractivity contribution >= 4 is 33.5 Å². The number of carbonyl (C=O) groups is 2. The summed E-state index contributed by atoms with van der Waals surface area (Å²) in [6, 6.07) is 7.51. The zero-order valence-electron chi connectivity index (χ0n) is 13.6. The lowest BCUT2D eigenvalue weighted by Gasteiger charge is -2.22. The van der Waals surface area contributed by atoms with Crippen molar-refractivity contribution in [3.63, 3.8) is 0 Å². The number of nitrogens with zero attached hydrogens (tertiary/aromatic N) is 2. The Bertz CT molecular complexity index is 722. The highest BCUT2D eigenvalue weighted by molar-refractivity contribution is 7.18. The lowest BCUT2D eigenvalue weighted by atomic mass is 9.92. The lowest BCUT2D eigenvalue weighted by molar-refractivity contribution is -0.131. The Kier molecular flexibility index (Phi) is 4.10. The molecule has 1 fully saturated rings. The Morgan fingerprint density at radius 2 is 2.04 bits per heavy atom. The fourth-order valence-corrected chi connectivity index (χ4v) is 3.72. The van der Waals surface area contributed by atoms with E-state index in [-0.39, 0.29) is 18.5 Å². The number of amides is 3. The molecule has 1 aromatic heterocycles. The van der Waals surface area contributed by atoms with Crippen LogP contribution in [0.1, 0.15) is 38.6 Å². The molecule has 6 heteroatoms. The molecule has 5 nitrogen and oxygen atoms in total. The molecule has 2 aromatic rings. The van der Waals surface area contributed by atoms with E-state index in [0.29, 0.717) is 12.3 Å². The topological polar surface area (TPSA) is 62.3 Å². The van der Waals surface area contributed by atoms with Crippen molar-refractivity contribution in [1.29, 1.82) is 0 Å². The van der Waals surface area contributed by atoms with Gasteiger partial charge in [0.25, 0.3) is 5.91 Å². The Morgan fingerprint density at radius 1 is 1.30 bits per heavy atom. The number of rotatable bonds is 5. The third kappa shape index (κ3) is 3.08. The average Bonchev–Trinajstić information content (AvgIpc) is 3.00. The molecule has 0 bridgehead atoms. The predicted octanol–water partition coefficient (Wildman–Crippen LogP) is 3.54. The second-order valence-electron chi connectivity index (χ2n) is 6.66. The van der Waals surface area contributed by atoms with Crippen LogP contribution in [0.15, 0.2) is 24.3 Å². The van der Waals surface area contributed by atoms with Crippen molar-refractivity contribution in [3.8, 4) is 0 Å². The summed E-state index contributed by atoms with van der Waals surface area (Å²) in [5.74, 6) is 0.345. The largest absolute Gasteiger partial charge is 0.325 e. The number of benzene rings is 1. The Labute approximate surface area is 139 Å². The molecule has 3 rings (SSSR count). The van der Waals surface area contributed by atoms with Gasteiger partial charge in [0.2, 0.25) is 0 Å². The van der Waals surface area contributed by atoms with Crippen LogP contribution in [0.2, 0.25) is 0 Å². The van der Waals surface area contributed by atoms with E-state index in [1.807, 2.05) is 31.2 Å². The van der Waals surface area contributed by atoms with Crippen LogP contribution in [-0.2, 0) is 11.3 Å². The number of carbonyl (C=O) groups excluding carboxylic acids is 2. The monoisotopic (exact) mass is 331 g/mol. The van der Waals surface area contributed by atoms with E-state index in [2.05, 4.69) is 24.1 Å². The van der Waals surface area contributed by atoms with Gasteiger partial charge in [-0.3, -0.25) is 9.69 Å². The van der Waals surface area contributed by atoms with E-state index in [0.717, 1.165) is 21.6 Å². The quantitative estimate of drug-likeness (QED) is 0.852. The second-order valence-corrected chi connectivity index (χ2v) is 7.78. The number of para-hydroxylation sites is 1. The average molecular weight is 331 g/mol. The molecule has 2 heterocycles. The van der Waals surface area contributed by atoms with Crippen molar-refractivity contribution in [2.24, 2.45) is 5.92 Å². The smallest absolute Gasteiger partial charge is 0.323 e. The lowest BCUT2D eigenvalue weighted by Crippen LogP contribution is -2.44. The Hall–Kier alpha value is -1.95. The van der Waals surface area contributed by atoms with Gasteiger partial charge >= 0.3 is 6.03 Å². The second kappa shape index (κ2) is 5.92. The zero-order chi connectivity index (χ0) is 16.6. The molecule has 0 saturated carbocycles. The summed E-state index contributed by atoms with van der Waals surface area (Å²) in [4.78, 5) is 30.7. The highest BCUT2D eigenvalue weighted by Crippen LogP contribution is 2.28. The number of hydrogen-bond donors (Lipinski definition) is 1. The van der Waals surface area contributed by atoms with Gasteiger partial charge in [-0.2, -0.15) is 0 Å². The first-order valence-corrected chi connectivity index (χ1v) is 8.69. The number of aromatic nitrogens is 1. The normalized spacial score (nSPS) is 21.5. The molecule has 3 amide bonds. The van der Waals surface area contributed by atoms with Crippen LogP contribution in [0.3, 0.4) is 0 Å². The highest BCUT2D eigenvalue weighted by Gasteiger charge is 2.47. The third-order valence-corrected chi connectivity index (χ3v) is 5.22. The summed E-state index contributed by atoms with van der Waals surface area (Å²) >= 11 is 1.52. The molecule has 0 radical (unpaired) electrons. The SMILES string of the molecule is CC(C)CC[C@]1(C)NC(=O)N(Cc2nc3ccccc3s2)C1=O. The minimum Gasteiger partial charge on any atom is -0.323 e. The molecule has 23 heavy (non-hydrogen) atoms. The van der Waals surface area contributed by atoms with Crippen molar-refractivity contribution < 1.29 is 9.59 Å². The number of thiazole rings is 1. The van der Waals surface area contributed by atoms with Gasteiger partial charge < -0.3 is 5.32 Å². The van der Waals surface area contributed by atoms with Gasteiger partial charge in [0, 0.05) is 0 Å². The van der Waals surface area contributed by atoms with Crippen LogP contribution < -0.4 is 5.32 Å². The molecule has 122 valence electrons. The molecular formula is C17H21N3O2S. The number of urea groups is 1. The first kappa shape index (κ1) is 15.9. The summed E-state index contributed by atoms with van der Waals surface area (Å²) in [6.45, 7) is 6.28. The van der Waals surface area contributed by atoms with Crippen LogP contribution in [0, 0.1) is 5.92 Å². The van der Waals surface area contributed by atoms with Gasteiger partial charge in [-0.25, -0.2) is 9.78 Å². The number of nitrogens with one attached hydrogen (secondary N) is 1. The van der Waals surface area contributed by atoms with Crippen LogP contribution in [0.25, 0.3) is 10.2 Å². The minimum atomic E-state index is -0.794. The maximum atomic E-state index is 12.7. The third-order valence-electron chi connectivity index (χ3n) is 4.20. The molecule has 1 aliphatic heterocycles. The minimum absolute atomic E-state index is 0.151. The fraction of sp³-hybridized carbons (Fsp3) is 0.471. The van der Waals surface area contributed by atoms with Gasteiger partial charge in [0.05, 0.1) is 16.8 Å². The Balaban J connectivity index is 1.77. The molecule has 1 aliphatic rings. The molecule has 1 N–H and O–H groups in total. The highest BCUT2D eigenvalue weighted by atomic mass is 32.1. The summed E-state index contributed by atoms with van der Waals surface area (Å²) in [7, 11) is 0.